The van der Waals surface area contributed by atoms with E-state index < -0.39 is 0 Å². The van der Waals surface area contributed by atoms with Crippen molar-refractivity contribution in [2.45, 2.75) is 13.8 Å². The van der Waals surface area contributed by atoms with Gasteiger partial charge in [-0.2, -0.15) is 4.98 Å². The number of hydrogen-bond donors (Lipinski definition) is 1. The van der Waals surface area contributed by atoms with Crippen LogP contribution in [0.1, 0.15) is 11.4 Å². The van der Waals surface area contributed by atoms with E-state index in [0.717, 1.165) is 43.3 Å². The Morgan fingerprint density at radius 3 is 2.52 bits per heavy atom. The van der Waals surface area contributed by atoms with Gasteiger partial charge >= 0.3 is 0 Å². The standard InChI is InChI=1S/C17H23N5O/c1-12-5-4-6-14(11-12)23-17-15(18)16(19-13(2)20-17)22-9-7-21(3)8-10-22/h4-6,11H,7-10,18H2,1-3H3. The number of nitrogens with two attached hydrogens (primary N) is 1. The number of piperazine rings is 1. The van der Waals surface area contributed by atoms with Crippen molar-refractivity contribution >= 4 is 11.5 Å². The van der Waals surface area contributed by atoms with Gasteiger partial charge in [0.05, 0.1) is 0 Å². The van der Waals surface area contributed by atoms with Gasteiger partial charge in [0.25, 0.3) is 0 Å². The van der Waals surface area contributed by atoms with Crippen LogP contribution in [0.2, 0.25) is 0 Å². The Balaban J connectivity index is 1.89. The predicted octanol–water partition coefficient (Wildman–Crippen LogP) is 2.22. The van der Waals surface area contributed by atoms with Crippen molar-refractivity contribution in [1.82, 2.24) is 14.9 Å². The smallest absolute Gasteiger partial charge is 0.248 e. The maximum atomic E-state index is 6.30. The van der Waals surface area contributed by atoms with Crippen LogP contribution in [0.25, 0.3) is 0 Å². The molecule has 0 saturated carbocycles. The van der Waals surface area contributed by atoms with E-state index in [1.54, 1.807) is 0 Å². The van der Waals surface area contributed by atoms with Gasteiger partial charge in [-0.3, -0.25) is 0 Å². The molecule has 122 valence electrons. The number of hydrogen-bond acceptors (Lipinski definition) is 6. The highest BCUT2D eigenvalue weighted by Gasteiger charge is 2.21. The molecule has 0 unspecified atom stereocenters. The lowest BCUT2D eigenvalue weighted by molar-refractivity contribution is 0.312. The van der Waals surface area contributed by atoms with Crippen molar-refractivity contribution < 1.29 is 4.74 Å². The second kappa shape index (κ2) is 6.42. The van der Waals surface area contributed by atoms with E-state index in [2.05, 4.69) is 26.8 Å². The van der Waals surface area contributed by atoms with Crippen LogP contribution < -0.4 is 15.4 Å². The Bertz CT molecular complexity index is 695. The zero-order valence-electron chi connectivity index (χ0n) is 13.9. The second-order valence-corrected chi connectivity index (χ2v) is 6.02. The lowest BCUT2D eigenvalue weighted by atomic mass is 10.2. The SMILES string of the molecule is Cc1cccc(Oc2nc(C)nc(N3CCN(C)CC3)c2N)c1. The van der Waals surface area contributed by atoms with E-state index in [4.69, 9.17) is 10.5 Å². The highest BCUT2D eigenvalue weighted by atomic mass is 16.5. The van der Waals surface area contributed by atoms with Gasteiger partial charge in [0.15, 0.2) is 5.82 Å². The summed E-state index contributed by atoms with van der Waals surface area (Å²) in [6, 6.07) is 7.85. The summed E-state index contributed by atoms with van der Waals surface area (Å²) in [5, 5.41) is 0. The van der Waals surface area contributed by atoms with Gasteiger partial charge in [0, 0.05) is 26.2 Å². The summed E-state index contributed by atoms with van der Waals surface area (Å²) in [5.41, 5.74) is 7.93. The van der Waals surface area contributed by atoms with Crippen LogP contribution in [-0.4, -0.2) is 48.1 Å². The Morgan fingerprint density at radius 2 is 1.83 bits per heavy atom. The topological polar surface area (TPSA) is 67.5 Å². The minimum absolute atomic E-state index is 0.428. The van der Waals surface area contributed by atoms with Gasteiger partial charge < -0.3 is 20.3 Å². The van der Waals surface area contributed by atoms with Crippen LogP contribution in [0.15, 0.2) is 24.3 Å². The molecule has 3 rings (SSSR count). The van der Waals surface area contributed by atoms with Crippen molar-refractivity contribution in [3.8, 4) is 11.6 Å². The number of benzene rings is 1. The number of nitrogens with zero attached hydrogens (tertiary/aromatic N) is 4. The molecule has 1 aromatic carbocycles. The van der Waals surface area contributed by atoms with Gasteiger partial charge in [0.1, 0.15) is 17.3 Å². The monoisotopic (exact) mass is 313 g/mol. The van der Waals surface area contributed by atoms with Gasteiger partial charge in [0.2, 0.25) is 5.88 Å². The van der Waals surface area contributed by atoms with Crippen molar-refractivity contribution in [3.63, 3.8) is 0 Å². The zero-order chi connectivity index (χ0) is 16.4. The third-order valence-corrected chi connectivity index (χ3v) is 4.01. The third-order valence-electron chi connectivity index (χ3n) is 4.01. The van der Waals surface area contributed by atoms with Crippen LogP contribution in [0.4, 0.5) is 11.5 Å². The molecule has 0 spiro atoms. The molecule has 0 radical (unpaired) electrons. The molecule has 0 aliphatic carbocycles. The molecule has 1 aromatic heterocycles. The molecule has 2 N–H and O–H groups in total. The molecule has 1 fully saturated rings. The molecular formula is C17H23N5O. The lowest BCUT2D eigenvalue weighted by Gasteiger charge is -2.34. The van der Waals surface area contributed by atoms with Gasteiger partial charge in [-0.05, 0) is 38.6 Å². The third kappa shape index (κ3) is 3.53. The van der Waals surface area contributed by atoms with Gasteiger partial charge in [-0.1, -0.05) is 12.1 Å². The van der Waals surface area contributed by atoms with Crippen LogP contribution in [0, 0.1) is 13.8 Å². The number of aromatic nitrogens is 2. The lowest BCUT2D eigenvalue weighted by Crippen LogP contribution is -2.45. The van der Waals surface area contributed by atoms with Crippen LogP contribution in [-0.2, 0) is 0 Å². The predicted molar refractivity (Wildman–Crippen MR) is 92.1 cm³/mol. The minimum Gasteiger partial charge on any atom is -0.437 e. The van der Waals surface area contributed by atoms with Gasteiger partial charge in [-0.15, -0.1) is 0 Å². The summed E-state index contributed by atoms with van der Waals surface area (Å²) in [7, 11) is 2.12. The van der Waals surface area contributed by atoms with Crippen LogP contribution >= 0.6 is 0 Å². The maximum Gasteiger partial charge on any atom is 0.248 e. The van der Waals surface area contributed by atoms with E-state index >= 15 is 0 Å². The van der Waals surface area contributed by atoms with E-state index in [-0.39, 0.29) is 0 Å². The van der Waals surface area contributed by atoms with E-state index in [9.17, 15) is 0 Å². The zero-order valence-corrected chi connectivity index (χ0v) is 13.9. The van der Waals surface area contributed by atoms with E-state index in [0.29, 0.717) is 17.4 Å². The van der Waals surface area contributed by atoms with Crippen molar-refractivity contribution in [2.75, 3.05) is 43.9 Å². The summed E-state index contributed by atoms with van der Waals surface area (Å²) in [4.78, 5) is 13.4. The maximum absolute atomic E-state index is 6.30. The van der Waals surface area contributed by atoms with Crippen molar-refractivity contribution in [2.24, 2.45) is 0 Å². The Labute approximate surface area is 136 Å². The largest absolute Gasteiger partial charge is 0.437 e. The summed E-state index contributed by atoms with van der Waals surface area (Å²) in [6.07, 6.45) is 0. The molecule has 23 heavy (non-hydrogen) atoms. The summed E-state index contributed by atoms with van der Waals surface area (Å²) in [6.45, 7) is 7.69. The van der Waals surface area contributed by atoms with E-state index in [1.165, 1.54) is 0 Å². The van der Waals surface area contributed by atoms with Crippen LogP contribution in [0.5, 0.6) is 11.6 Å². The highest BCUT2D eigenvalue weighted by Crippen LogP contribution is 2.32. The Morgan fingerprint density at radius 1 is 1.09 bits per heavy atom. The quantitative estimate of drug-likeness (QED) is 0.937. The van der Waals surface area contributed by atoms with Gasteiger partial charge in [-0.25, -0.2) is 4.98 Å². The molecule has 1 aliphatic rings. The first kappa shape index (κ1) is 15.6. The molecule has 2 aromatic rings. The number of rotatable bonds is 3. The summed E-state index contributed by atoms with van der Waals surface area (Å²) >= 11 is 0. The fourth-order valence-corrected chi connectivity index (χ4v) is 2.67. The summed E-state index contributed by atoms with van der Waals surface area (Å²) in [5.74, 6) is 2.60. The molecule has 1 aliphatic heterocycles. The number of likely N-dealkylation sites (N-methyl/N-ethyl adjacent to an activating group) is 1. The molecule has 1 saturated heterocycles. The molecule has 6 nitrogen and oxygen atoms in total. The summed E-state index contributed by atoms with van der Waals surface area (Å²) < 4.78 is 5.91. The number of ether oxygens (including phenoxy) is 1. The van der Waals surface area contributed by atoms with Crippen molar-refractivity contribution in [1.29, 1.82) is 0 Å². The first-order valence-corrected chi connectivity index (χ1v) is 7.85. The fourth-order valence-electron chi connectivity index (χ4n) is 2.67. The first-order chi connectivity index (χ1) is 11.0. The Hall–Kier alpha value is -2.34. The molecule has 0 bridgehead atoms. The fraction of sp³-hybridized carbons (Fsp3) is 0.412. The molecule has 2 heterocycles. The average molecular weight is 313 g/mol. The molecule has 6 heteroatoms. The highest BCUT2D eigenvalue weighted by molar-refractivity contribution is 5.69. The Kier molecular flexibility index (Phi) is 4.34. The first-order valence-electron chi connectivity index (χ1n) is 7.85. The number of aryl methyl sites for hydroxylation is 2. The number of nitrogen functional groups attached to an aromatic ring is 1. The van der Waals surface area contributed by atoms with Crippen LogP contribution in [0.3, 0.4) is 0 Å². The molecule has 0 amide bonds. The molecule has 0 atom stereocenters. The average Bonchev–Trinajstić information content (AvgIpc) is 2.51. The van der Waals surface area contributed by atoms with Crippen molar-refractivity contribution in [3.05, 3.63) is 35.7 Å². The normalized spacial score (nSPS) is 15.7. The number of anilines is 2. The molecular weight excluding hydrogens is 290 g/mol. The second-order valence-electron chi connectivity index (χ2n) is 6.02. The van der Waals surface area contributed by atoms with E-state index in [1.807, 2.05) is 38.1 Å². The minimum atomic E-state index is 0.428.